The van der Waals surface area contributed by atoms with Crippen molar-refractivity contribution in [3.05, 3.63) is 59.7 Å². The van der Waals surface area contributed by atoms with Crippen LogP contribution in [0.1, 0.15) is 25.5 Å². The van der Waals surface area contributed by atoms with Gasteiger partial charge < -0.3 is 10.6 Å². The molecule has 0 unspecified atom stereocenters. The van der Waals surface area contributed by atoms with Gasteiger partial charge in [-0.3, -0.25) is 14.5 Å². The fraction of sp³-hybridized carbons (Fsp3) is 0.263. The Balaban J connectivity index is 1.77. The molecule has 3 rings (SSSR count). The first-order valence-corrected chi connectivity index (χ1v) is 8.37. The van der Waals surface area contributed by atoms with Crippen molar-refractivity contribution in [1.29, 1.82) is 0 Å². The van der Waals surface area contributed by atoms with Crippen molar-refractivity contribution in [2.24, 2.45) is 0 Å². The average Bonchev–Trinajstić information content (AvgIpc) is 2.60. The highest BCUT2D eigenvalue weighted by molar-refractivity contribution is 6.10. The van der Waals surface area contributed by atoms with E-state index in [1.54, 1.807) is 43.4 Å². The smallest absolute Gasteiger partial charge is 0.285 e. The molecule has 2 atom stereocenters. The van der Waals surface area contributed by atoms with E-state index in [1.165, 1.54) is 17.0 Å². The van der Waals surface area contributed by atoms with Crippen molar-refractivity contribution in [2.75, 3.05) is 16.8 Å². The molecule has 5 nitrogen and oxygen atoms in total. The Labute approximate surface area is 150 Å². The Hall–Kier alpha value is -2.80. The minimum atomic E-state index is -0.643. The van der Waals surface area contributed by atoms with Crippen LogP contribution >= 0.6 is 0 Å². The van der Waals surface area contributed by atoms with Crippen molar-refractivity contribution in [3.8, 4) is 0 Å². The summed E-state index contributed by atoms with van der Waals surface area (Å²) in [7, 11) is 0. The van der Waals surface area contributed by atoms with Crippen LogP contribution < -0.4 is 15.5 Å². The van der Waals surface area contributed by atoms with Crippen LogP contribution in [0.3, 0.4) is 0 Å². The normalized spacial score (nSPS) is 15.8. The molecule has 0 bridgehead atoms. The summed E-state index contributed by atoms with van der Waals surface area (Å²) in [5.41, 5.74) is 1.54. The van der Waals surface area contributed by atoms with Crippen LogP contribution in [-0.4, -0.2) is 24.4 Å². The summed E-state index contributed by atoms with van der Waals surface area (Å²) in [5, 5.41) is 4.44. The highest BCUT2D eigenvalue weighted by Crippen LogP contribution is 2.29. The molecule has 1 heterocycles. The first-order valence-electron chi connectivity index (χ1n) is 8.37. The minimum absolute atomic E-state index is 0.0622. The summed E-state index contributed by atoms with van der Waals surface area (Å²) >= 11 is 0. The van der Waals surface area contributed by atoms with Gasteiger partial charge >= 0.3 is 0 Å². The number of nitrogens with one attached hydrogen (secondary N) is 1. The molecule has 0 spiro atoms. The molecule has 0 radical (unpaired) electrons. The second kappa shape index (κ2) is 7.21. The Morgan fingerprint density at radius 2 is 1.92 bits per heavy atom. The highest BCUT2D eigenvalue weighted by atomic mass is 19.1. The van der Waals surface area contributed by atoms with Crippen molar-refractivity contribution < 1.29 is 23.7 Å². The van der Waals surface area contributed by atoms with Crippen LogP contribution in [0.4, 0.5) is 20.2 Å². The lowest BCUT2D eigenvalue weighted by Gasteiger charge is -2.30. The predicted octanol–water partition coefficient (Wildman–Crippen LogP) is 1.96. The maximum atomic E-state index is 13.9. The molecule has 0 aromatic heterocycles. The van der Waals surface area contributed by atoms with E-state index in [2.05, 4.69) is 5.32 Å². The molecular formula is C19H20F2N3O2+. The van der Waals surface area contributed by atoms with Crippen LogP contribution in [0, 0.1) is 11.6 Å². The van der Waals surface area contributed by atoms with E-state index in [-0.39, 0.29) is 24.4 Å². The molecule has 136 valence electrons. The predicted molar refractivity (Wildman–Crippen MR) is 93.6 cm³/mol. The first kappa shape index (κ1) is 18.0. The molecule has 2 amide bonds. The summed E-state index contributed by atoms with van der Waals surface area (Å²) in [6.07, 6.45) is 0. The number of amides is 2. The monoisotopic (exact) mass is 360 g/mol. The van der Waals surface area contributed by atoms with Gasteiger partial charge in [-0.2, -0.15) is 0 Å². The van der Waals surface area contributed by atoms with Gasteiger partial charge in [-0.15, -0.1) is 0 Å². The van der Waals surface area contributed by atoms with Crippen molar-refractivity contribution >= 4 is 23.2 Å². The zero-order valence-electron chi connectivity index (χ0n) is 14.5. The van der Waals surface area contributed by atoms with Crippen LogP contribution in [0.15, 0.2) is 42.5 Å². The third-order valence-electron chi connectivity index (χ3n) is 4.46. The second-order valence-electron chi connectivity index (χ2n) is 6.43. The standard InChI is InChI=1S/C19H19F2N3O2/c1-11(14-8-7-13(20)9-15(14)21)22-12(2)19(26)24-10-18(25)23-16-5-3-4-6-17(16)24/h3-9,11-12,22H,10H2,1-2H3,(H,23,25)/p+1/t11-,12+/m0/s1. The Bertz CT molecular complexity index is 856. The summed E-state index contributed by atoms with van der Waals surface area (Å²) in [6, 6.07) is 9.55. The van der Waals surface area contributed by atoms with E-state index < -0.39 is 17.7 Å². The van der Waals surface area contributed by atoms with E-state index in [0.29, 0.717) is 16.9 Å². The van der Waals surface area contributed by atoms with Crippen LogP contribution in [0.2, 0.25) is 0 Å². The number of nitrogens with zero attached hydrogens (tertiary/aromatic N) is 1. The molecule has 0 saturated carbocycles. The number of para-hydroxylation sites is 2. The minimum Gasteiger partial charge on any atom is -0.330 e. The van der Waals surface area contributed by atoms with E-state index >= 15 is 0 Å². The van der Waals surface area contributed by atoms with Gasteiger partial charge in [-0.1, -0.05) is 12.1 Å². The van der Waals surface area contributed by atoms with Gasteiger partial charge in [0.15, 0.2) is 6.04 Å². The van der Waals surface area contributed by atoms with Crippen LogP contribution in [0.5, 0.6) is 0 Å². The number of hydrogen-bond acceptors (Lipinski definition) is 2. The van der Waals surface area contributed by atoms with E-state index in [0.717, 1.165) is 6.07 Å². The molecule has 0 fully saturated rings. The first-order chi connectivity index (χ1) is 12.4. The molecule has 0 aliphatic carbocycles. The Morgan fingerprint density at radius 1 is 1.19 bits per heavy atom. The number of fused-ring (bicyclic) bond motifs is 1. The summed E-state index contributed by atoms with van der Waals surface area (Å²) in [5.74, 6) is -1.79. The van der Waals surface area contributed by atoms with Crippen LogP contribution in [0.25, 0.3) is 0 Å². The number of rotatable bonds is 4. The number of quaternary nitrogens is 1. The fourth-order valence-electron chi connectivity index (χ4n) is 3.17. The molecule has 26 heavy (non-hydrogen) atoms. The van der Waals surface area contributed by atoms with Gasteiger partial charge in [0.1, 0.15) is 24.2 Å². The quantitative estimate of drug-likeness (QED) is 0.875. The zero-order chi connectivity index (χ0) is 18.8. The zero-order valence-corrected chi connectivity index (χ0v) is 14.5. The van der Waals surface area contributed by atoms with Crippen molar-refractivity contribution in [3.63, 3.8) is 0 Å². The number of carbonyl (C=O) groups is 2. The topological polar surface area (TPSA) is 66.0 Å². The number of carbonyl (C=O) groups excluding carboxylic acids is 2. The molecule has 2 aromatic carbocycles. The number of benzene rings is 2. The molecule has 3 N–H and O–H groups in total. The fourth-order valence-corrected chi connectivity index (χ4v) is 3.17. The van der Waals surface area contributed by atoms with Gasteiger partial charge in [0, 0.05) is 11.6 Å². The lowest BCUT2D eigenvalue weighted by molar-refractivity contribution is -0.710. The van der Waals surface area contributed by atoms with E-state index in [9.17, 15) is 18.4 Å². The van der Waals surface area contributed by atoms with Gasteiger partial charge in [0.05, 0.1) is 11.4 Å². The maximum absolute atomic E-state index is 13.9. The molecule has 7 heteroatoms. The van der Waals surface area contributed by atoms with E-state index in [1.807, 2.05) is 0 Å². The largest absolute Gasteiger partial charge is 0.330 e. The lowest BCUT2D eigenvalue weighted by atomic mass is 10.1. The van der Waals surface area contributed by atoms with Gasteiger partial charge in [-0.05, 0) is 38.1 Å². The molecule has 1 aliphatic heterocycles. The SMILES string of the molecule is C[C@H]([NH2+][C@H](C)C(=O)N1CC(=O)Nc2ccccc21)c1ccc(F)cc1F. The molecular weight excluding hydrogens is 340 g/mol. The second-order valence-corrected chi connectivity index (χ2v) is 6.43. The van der Waals surface area contributed by atoms with Crippen LogP contribution in [-0.2, 0) is 9.59 Å². The van der Waals surface area contributed by atoms with Gasteiger partial charge in [0.2, 0.25) is 5.91 Å². The number of halogens is 2. The molecule has 1 aliphatic rings. The lowest BCUT2D eigenvalue weighted by Crippen LogP contribution is -2.92. The summed E-state index contributed by atoms with van der Waals surface area (Å²) in [4.78, 5) is 26.2. The van der Waals surface area contributed by atoms with Gasteiger partial charge in [0.25, 0.3) is 5.91 Å². The van der Waals surface area contributed by atoms with E-state index in [4.69, 9.17) is 0 Å². The number of nitrogens with two attached hydrogens (primary N) is 1. The molecule has 0 saturated heterocycles. The maximum Gasteiger partial charge on any atom is 0.285 e. The third kappa shape index (κ3) is 3.57. The Morgan fingerprint density at radius 3 is 2.65 bits per heavy atom. The molecule has 2 aromatic rings. The van der Waals surface area contributed by atoms with Crippen molar-refractivity contribution in [1.82, 2.24) is 0 Å². The van der Waals surface area contributed by atoms with Crippen molar-refractivity contribution in [2.45, 2.75) is 25.9 Å². The number of anilines is 2. The number of hydrogen-bond donors (Lipinski definition) is 2. The third-order valence-corrected chi connectivity index (χ3v) is 4.46. The highest BCUT2D eigenvalue weighted by Gasteiger charge is 2.32. The summed E-state index contributed by atoms with van der Waals surface area (Å²) in [6.45, 7) is 3.39. The Kier molecular flexibility index (Phi) is 4.99. The van der Waals surface area contributed by atoms with Gasteiger partial charge in [-0.25, -0.2) is 8.78 Å². The average molecular weight is 360 g/mol. The summed E-state index contributed by atoms with van der Waals surface area (Å²) < 4.78 is 27.0.